The Morgan fingerprint density at radius 3 is 2.71 bits per heavy atom. The number of amides is 1. The van der Waals surface area contributed by atoms with Crippen LogP contribution in [0.5, 0.6) is 5.75 Å². The van der Waals surface area contributed by atoms with Gasteiger partial charge >= 0.3 is 5.97 Å². The molecule has 1 amide bonds. The first kappa shape index (κ1) is 13.5. The molecule has 1 aromatic rings. The Morgan fingerprint density at radius 1 is 1.47 bits per heavy atom. The van der Waals surface area contributed by atoms with Crippen molar-refractivity contribution >= 4 is 23.2 Å². The van der Waals surface area contributed by atoms with Crippen molar-refractivity contribution in [3.63, 3.8) is 0 Å². The van der Waals surface area contributed by atoms with Crippen LogP contribution in [0.25, 0.3) is 0 Å². The highest BCUT2D eigenvalue weighted by Crippen LogP contribution is 2.29. The van der Waals surface area contributed by atoms with Gasteiger partial charge in [-0.25, -0.2) is 4.79 Å². The highest BCUT2D eigenvalue weighted by molar-refractivity contribution is 7.14. The first-order valence-electron chi connectivity index (χ1n) is 5.34. The molecule has 0 radical (unpaired) electrons. The highest BCUT2D eigenvalue weighted by Gasteiger charge is 2.16. The highest BCUT2D eigenvalue weighted by atomic mass is 32.1. The number of aryl methyl sites for hydroxylation is 1. The van der Waals surface area contributed by atoms with E-state index in [4.69, 9.17) is 9.84 Å². The number of carbonyl (C=O) groups is 2. The molecule has 0 aliphatic rings. The summed E-state index contributed by atoms with van der Waals surface area (Å²) in [6.07, 6.45) is 0.745. The van der Waals surface area contributed by atoms with Crippen LogP contribution in [0.1, 0.15) is 28.4 Å². The van der Waals surface area contributed by atoms with E-state index >= 15 is 0 Å². The summed E-state index contributed by atoms with van der Waals surface area (Å²) < 4.78 is 5.21. The molecule has 17 heavy (non-hydrogen) atoms. The molecule has 0 spiro atoms. The van der Waals surface area contributed by atoms with Crippen molar-refractivity contribution in [2.45, 2.75) is 20.3 Å². The van der Waals surface area contributed by atoms with Gasteiger partial charge in [0, 0.05) is 11.4 Å². The van der Waals surface area contributed by atoms with Gasteiger partial charge in [-0.2, -0.15) is 0 Å². The summed E-state index contributed by atoms with van der Waals surface area (Å²) in [5.41, 5.74) is 0. The predicted molar refractivity (Wildman–Crippen MR) is 64.8 cm³/mol. The molecule has 0 aliphatic heterocycles. The van der Waals surface area contributed by atoms with E-state index in [-0.39, 0.29) is 23.1 Å². The lowest BCUT2D eigenvalue weighted by molar-refractivity contribution is -0.123. The summed E-state index contributed by atoms with van der Waals surface area (Å²) in [6.45, 7) is 4.11. The zero-order valence-corrected chi connectivity index (χ0v) is 10.6. The fourth-order valence-electron chi connectivity index (χ4n) is 1.24. The van der Waals surface area contributed by atoms with Gasteiger partial charge in [-0.1, -0.05) is 6.92 Å². The minimum absolute atomic E-state index is 0.145. The van der Waals surface area contributed by atoms with Crippen LogP contribution in [0, 0.1) is 0 Å². The lowest BCUT2D eigenvalue weighted by Gasteiger charge is -2.04. The van der Waals surface area contributed by atoms with Crippen LogP contribution >= 0.6 is 11.3 Å². The number of rotatable bonds is 6. The maximum absolute atomic E-state index is 11.2. The summed E-state index contributed by atoms with van der Waals surface area (Å²) in [4.78, 5) is 23.2. The number of thiophene rings is 1. The van der Waals surface area contributed by atoms with Crippen molar-refractivity contribution in [3.8, 4) is 5.75 Å². The van der Waals surface area contributed by atoms with Gasteiger partial charge in [0.1, 0.15) is 5.75 Å². The number of hydrogen-bond donors (Lipinski definition) is 2. The Morgan fingerprint density at radius 2 is 2.18 bits per heavy atom. The van der Waals surface area contributed by atoms with E-state index in [0.29, 0.717) is 6.54 Å². The Hall–Kier alpha value is -1.56. The molecule has 5 nitrogen and oxygen atoms in total. The van der Waals surface area contributed by atoms with Gasteiger partial charge < -0.3 is 15.2 Å². The second kappa shape index (κ2) is 6.24. The maximum Gasteiger partial charge on any atom is 0.349 e. The zero-order chi connectivity index (χ0) is 12.8. The number of carboxylic acids is 1. The number of aromatic carboxylic acids is 1. The molecule has 6 heteroatoms. The van der Waals surface area contributed by atoms with Crippen LogP contribution in [-0.4, -0.2) is 30.1 Å². The van der Waals surface area contributed by atoms with Crippen LogP contribution in [0.3, 0.4) is 0 Å². The number of likely N-dealkylation sites (N-methyl/N-ethyl adjacent to an activating group) is 1. The Balaban J connectivity index is 2.72. The lowest BCUT2D eigenvalue weighted by Crippen LogP contribution is -2.28. The normalized spacial score (nSPS) is 10.0. The largest absolute Gasteiger partial charge is 0.482 e. The summed E-state index contributed by atoms with van der Waals surface area (Å²) in [6, 6.07) is 1.67. The van der Waals surface area contributed by atoms with E-state index in [0.717, 1.165) is 11.3 Å². The molecule has 0 aliphatic carbocycles. The molecule has 0 unspecified atom stereocenters. The standard InChI is InChI=1S/C11H15NO4S/c1-3-7-5-8(10(17-7)11(14)15)16-6-9(13)12-4-2/h5H,3-4,6H2,1-2H3,(H,12,13)(H,14,15). The number of nitrogens with one attached hydrogen (secondary N) is 1. The summed E-state index contributed by atoms with van der Waals surface area (Å²) in [5.74, 6) is -1.01. The van der Waals surface area contributed by atoms with Gasteiger partial charge in [0.05, 0.1) is 0 Å². The van der Waals surface area contributed by atoms with E-state index in [1.165, 1.54) is 11.3 Å². The molecule has 0 aromatic carbocycles. The lowest BCUT2D eigenvalue weighted by atomic mass is 10.3. The van der Waals surface area contributed by atoms with Crippen LogP contribution in [-0.2, 0) is 11.2 Å². The molecule has 2 N–H and O–H groups in total. The molecule has 1 heterocycles. The first-order valence-corrected chi connectivity index (χ1v) is 6.15. The van der Waals surface area contributed by atoms with Crippen LogP contribution in [0.15, 0.2) is 6.07 Å². The molecule has 1 aromatic heterocycles. The fourth-order valence-corrected chi connectivity index (χ4v) is 2.12. The van der Waals surface area contributed by atoms with E-state index in [1.807, 2.05) is 6.92 Å². The van der Waals surface area contributed by atoms with E-state index in [1.54, 1.807) is 13.0 Å². The third kappa shape index (κ3) is 3.74. The van der Waals surface area contributed by atoms with Gasteiger partial charge in [0.15, 0.2) is 11.5 Å². The second-order valence-corrected chi connectivity index (χ2v) is 4.44. The number of carboxylic acid groups (broad SMARTS) is 1. The average molecular weight is 257 g/mol. The van der Waals surface area contributed by atoms with Crippen molar-refractivity contribution in [2.75, 3.05) is 13.2 Å². The zero-order valence-electron chi connectivity index (χ0n) is 9.78. The minimum Gasteiger partial charge on any atom is -0.482 e. The molecule has 0 saturated carbocycles. The van der Waals surface area contributed by atoms with Gasteiger partial charge in [0.2, 0.25) is 0 Å². The number of ether oxygens (including phenoxy) is 1. The topological polar surface area (TPSA) is 75.6 Å². The molecule has 0 saturated heterocycles. The second-order valence-electron chi connectivity index (χ2n) is 3.31. The van der Waals surface area contributed by atoms with Gasteiger partial charge in [-0.05, 0) is 19.4 Å². The molecule has 0 fully saturated rings. The summed E-state index contributed by atoms with van der Waals surface area (Å²) in [7, 11) is 0. The van der Waals surface area contributed by atoms with Crippen LogP contribution in [0.4, 0.5) is 0 Å². The molecular formula is C11H15NO4S. The minimum atomic E-state index is -1.03. The fraction of sp³-hybridized carbons (Fsp3) is 0.455. The quantitative estimate of drug-likeness (QED) is 0.810. The van der Waals surface area contributed by atoms with Gasteiger partial charge in [0.25, 0.3) is 5.91 Å². The third-order valence-electron chi connectivity index (χ3n) is 2.02. The molecule has 1 rings (SSSR count). The van der Waals surface area contributed by atoms with Gasteiger partial charge in [-0.15, -0.1) is 11.3 Å². The monoisotopic (exact) mass is 257 g/mol. The van der Waals surface area contributed by atoms with Crippen molar-refractivity contribution in [3.05, 3.63) is 15.8 Å². The average Bonchev–Trinajstić information content (AvgIpc) is 2.70. The predicted octanol–water partition coefficient (Wildman–Crippen LogP) is 1.52. The molecule has 94 valence electrons. The molecule has 0 atom stereocenters. The van der Waals surface area contributed by atoms with E-state index in [2.05, 4.69) is 5.32 Å². The SMILES string of the molecule is CCNC(=O)COc1cc(CC)sc1C(=O)O. The van der Waals surface area contributed by atoms with E-state index in [9.17, 15) is 9.59 Å². The maximum atomic E-state index is 11.2. The Kier molecular flexibility index (Phi) is 4.96. The van der Waals surface area contributed by atoms with Gasteiger partial charge in [-0.3, -0.25) is 4.79 Å². The molecular weight excluding hydrogens is 242 g/mol. The summed E-state index contributed by atoms with van der Waals surface area (Å²) >= 11 is 1.18. The molecule has 0 bridgehead atoms. The smallest absolute Gasteiger partial charge is 0.349 e. The van der Waals surface area contributed by atoms with E-state index < -0.39 is 5.97 Å². The first-order chi connectivity index (χ1) is 8.08. The number of carbonyl (C=O) groups excluding carboxylic acids is 1. The number of hydrogen-bond acceptors (Lipinski definition) is 4. The van der Waals surface area contributed by atoms with Crippen molar-refractivity contribution < 1.29 is 19.4 Å². The van der Waals surface area contributed by atoms with Crippen molar-refractivity contribution in [1.29, 1.82) is 0 Å². The third-order valence-corrected chi connectivity index (χ3v) is 3.27. The van der Waals surface area contributed by atoms with Crippen molar-refractivity contribution in [1.82, 2.24) is 5.32 Å². The van der Waals surface area contributed by atoms with Crippen molar-refractivity contribution in [2.24, 2.45) is 0 Å². The Bertz CT molecular complexity index is 414. The van der Waals surface area contributed by atoms with Crippen LogP contribution < -0.4 is 10.1 Å². The van der Waals surface area contributed by atoms with Crippen LogP contribution in [0.2, 0.25) is 0 Å². The summed E-state index contributed by atoms with van der Waals surface area (Å²) in [5, 5.41) is 11.6. The Labute approximate surface area is 103 Å².